The Kier molecular flexibility index (Phi) is 3.47. The summed E-state index contributed by atoms with van der Waals surface area (Å²) >= 11 is 1.19. The monoisotopic (exact) mass is 249 g/mol. The molecule has 0 saturated carbocycles. The van der Waals surface area contributed by atoms with Crippen LogP contribution in [0.1, 0.15) is 26.3 Å². The molecule has 1 nitrogen and oxygen atoms in total. The zero-order valence-corrected chi connectivity index (χ0v) is 10.2. The molecule has 0 bridgehead atoms. The van der Waals surface area contributed by atoms with Crippen LogP contribution in [-0.2, 0) is 6.18 Å². The van der Waals surface area contributed by atoms with Gasteiger partial charge in [-0.1, -0.05) is 20.8 Å². The van der Waals surface area contributed by atoms with E-state index >= 15 is 0 Å². The van der Waals surface area contributed by atoms with Crippen molar-refractivity contribution in [1.82, 2.24) is 0 Å². The van der Waals surface area contributed by atoms with Crippen LogP contribution in [0, 0.1) is 0 Å². The Labute approximate surface area is 97.2 Å². The van der Waals surface area contributed by atoms with Crippen LogP contribution in [0.15, 0.2) is 23.1 Å². The predicted octanol–water partition coefficient (Wildman–Crippen LogP) is 4.18. The molecular formula is C11H14F3NS. The molecule has 90 valence electrons. The molecule has 1 aromatic rings. The zero-order chi connectivity index (χ0) is 12.6. The van der Waals surface area contributed by atoms with E-state index in [1.165, 1.54) is 23.9 Å². The molecule has 5 heteroatoms. The standard InChI is InChI=1S/C11H14F3NS/c1-10(2,3)16-9-5-4-7(15)6-8(9)11(12,13)14/h4-6H,15H2,1-3H3. The fraction of sp³-hybridized carbons (Fsp3) is 0.455. The first-order valence-electron chi connectivity index (χ1n) is 4.75. The van der Waals surface area contributed by atoms with E-state index in [1.807, 2.05) is 20.8 Å². The summed E-state index contributed by atoms with van der Waals surface area (Å²) in [7, 11) is 0. The van der Waals surface area contributed by atoms with Crippen molar-refractivity contribution < 1.29 is 13.2 Å². The van der Waals surface area contributed by atoms with Crippen molar-refractivity contribution in [1.29, 1.82) is 0 Å². The number of hydrogen-bond acceptors (Lipinski definition) is 2. The summed E-state index contributed by atoms with van der Waals surface area (Å²) in [5.41, 5.74) is 4.85. The predicted molar refractivity (Wildman–Crippen MR) is 61.5 cm³/mol. The largest absolute Gasteiger partial charge is 0.417 e. The van der Waals surface area contributed by atoms with Crippen LogP contribution >= 0.6 is 11.8 Å². The van der Waals surface area contributed by atoms with Crippen molar-refractivity contribution in [3.05, 3.63) is 23.8 Å². The van der Waals surface area contributed by atoms with Gasteiger partial charge in [0.05, 0.1) is 5.56 Å². The minimum atomic E-state index is -4.36. The van der Waals surface area contributed by atoms with Gasteiger partial charge in [0.25, 0.3) is 0 Å². The van der Waals surface area contributed by atoms with Gasteiger partial charge >= 0.3 is 6.18 Å². The lowest BCUT2D eigenvalue weighted by atomic mass is 10.2. The first-order valence-corrected chi connectivity index (χ1v) is 5.57. The highest BCUT2D eigenvalue weighted by atomic mass is 32.2. The number of anilines is 1. The van der Waals surface area contributed by atoms with Gasteiger partial charge in [-0.15, -0.1) is 11.8 Å². The molecule has 0 saturated heterocycles. The molecule has 1 aromatic carbocycles. The van der Waals surface area contributed by atoms with Crippen LogP contribution in [0.4, 0.5) is 18.9 Å². The summed E-state index contributed by atoms with van der Waals surface area (Å²) in [6.07, 6.45) is -4.36. The molecule has 1 rings (SSSR count). The van der Waals surface area contributed by atoms with Gasteiger partial charge in [0.2, 0.25) is 0 Å². The lowest BCUT2D eigenvalue weighted by Gasteiger charge is -2.21. The van der Waals surface area contributed by atoms with Gasteiger partial charge in [-0.2, -0.15) is 13.2 Å². The van der Waals surface area contributed by atoms with Gasteiger partial charge in [0.1, 0.15) is 0 Å². The number of alkyl halides is 3. The number of rotatable bonds is 1. The van der Waals surface area contributed by atoms with E-state index in [0.717, 1.165) is 6.07 Å². The van der Waals surface area contributed by atoms with Crippen LogP contribution in [0.2, 0.25) is 0 Å². The van der Waals surface area contributed by atoms with Crippen molar-refractivity contribution >= 4 is 17.4 Å². The molecule has 0 aliphatic heterocycles. The van der Waals surface area contributed by atoms with E-state index in [2.05, 4.69) is 0 Å². The van der Waals surface area contributed by atoms with Crippen LogP contribution in [0.3, 0.4) is 0 Å². The average molecular weight is 249 g/mol. The second-order valence-corrected chi connectivity index (χ2v) is 6.34. The minimum absolute atomic E-state index is 0.130. The van der Waals surface area contributed by atoms with E-state index in [-0.39, 0.29) is 15.3 Å². The molecule has 0 amide bonds. The van der Waals surface area contributed by atoms with Gasteiger partial charge in [0, 0.05) is 15.3 Å². The van der Waals surface area contributed by atoms with Gasteiger partial charge in [-0.25, -0.2) is 0 Å². The maximum Gasteiger partial charge on any atom is 0.417 e. The van der Waals surface area contributed by atoms with Crippen LogP contribution < -0.4 is 5.73 Å². The van der Waals surface area contributed by atoms with E-state index in [1.54, 1.807) is 0 Å². The molecule has 0 fully saturated rings. The van der Waals surface area contributed by atoms with Crippen molar-refractivity contribution in [2.45, 2.75) is 36.6 Å². The third-order valence-electron chi connectivity index (χ3n) is 1.73. The Balaban J connectivity index is 3.19. The highest BCUT2D eigenvalue weighted by Crippen LogP contribution is 2.41. The van der Waals surface area contributed by atoms with E-state index in [0.29, 0.717) is 0 Å². The van der Waals surface area contributed by atoms with Gasteiger partial charge in [-0.3, -0.25) is 0 Å². The lowest BCUT2D eigenvalue weighted by Crippen LogP contribution is -2.12. The second kappa shape index (κ2) is 4.20. The minimum Gasteiger partial charge on any atom is -0.399 e. The van der Waals surface area contributed by atoms with Crippen molar-refractivity contribution in [2.75, 3.05) is 5.73 Å². The van der Waals surface area contributed by atoms with E-state index in [4.69, 9.17) is 5.73 Å². The second-order valence-electron chi connectivity index (χ2n) is 4.47. The fourth-order valence-corrected chi connectivity index (χ4v) is 2.27. The first kappa shape index (κ1) is 13.2. The third kappa shape index (κ3) is 3.63. The smallest absolute Gasteiger partial charge is 0.399 e. The third-order valence-corrected chi connectivity index (χ3v) is 2.91. The number of thioether (sulfide) groups is 1. The quantitative estimate of drug-likeness (QED) is 0.597. The molecule has 16 heavy (non-hydrogen) atoms. The number of nitrogens with two attached hydrogens (primary N) is 1. The highest BCUT2D eigenvalue weighted by Gasteiger charge is 2.34. The molecule has 0 spiro atoms. The van der Waals surface area contributed by atoms with Crippen LogP contribution in [0.5, 0.6) is 0 Å². The molecule has 0 atom stereocenters. The first-order chi connectivity index (χ1) is 7.09. The summed E-state index contributed by atoms with van der Waals surface area (Å²) in [6.45, 7) is 5.61. The molecule has 0 aliphatic carbocycles. The topological polar surface area (TPSA) is 26.0 Å². The molecule has 0 unspecified atom stereocenters. The Morgan fingerprint density at radius 1 is 1.12 bits per heavy atom. The number of nitrogen functional groups attached to an aromatic ring is 1. The van der Waals surface area contributed by atoms with E-state index in [9.17, 15) is 13.2 Å². The van der Waals surface area contributed by atoms with Crippen molar-refractivity contribution in [2.24, 2.45) is 0 Å². The van der Waals surface area contributed by atoms with Crippen molar-refractivity contribution in [3.8, 4) is 0 Å². The van der Waals surface area contributed by atoms with E-state index < -0.39 is 11.7 Å². The highest BCUT2D eigenvalue weighted by molar-refractivity contribution is 8.00. The Morgan fingerprint density at radius 3 is 2.12 bits per heavy atom. The molecule has 0 heterocycles. The number of benzene rings is 1. The van der Waals surface area contributed by atoms with Gasteiger partial charge in [-0.05, 0) is 18.2 Å². The summed E-state index contributed by atoms with van der Waals surface area (Å²) in [5.74, 6) is 0. The van der Waals surface area contributed by atoms with Crippen LogP contribution in [0.25, 0.3) is 0 Å². The SMILES string of the molecule is CC(C)(C)Sc1ccc(N)cc1C(F)(F)F. The Bertz CT molecular complexity index is 380. The maximum atomic E-state index is 12.7. The Morgan fingerprint density at radius 2 is 1.69 bits per heavy atom. The maximum absolute atomic E-state index is 12.7. The average Bonchev–Trinajstić information content (AvgIpc) is 2.04. The fourth-order valence-electron chi connectivity index (χ4n) is 1.19. The summed E-state index contributed by atoms with van der Waals surface area (Å²) in [4.78, 5) is 0.217. The Hall–Kier alpha value is -0.840. The molecule has 2 N–H and O–H groups in total. The molecule has 0 aliphatic rings. The zero-order valence-electron chi connectivity index (χ0n) is 9.35. The summed E-state index contributed by atoms with van der Waals surface area (Å²) in [5, 5.41) is 0. The van der Waals surface area contributed by atoms with Crippen molar-refractivity contribution in [3.63, 3.8) is 0 Å². The molecular weight excluding hydrogens is 235 g/mol. The van der Waals surface area contributed by atoms with Gasteiger partial charge in [0.15, 0.2) is 0 Å². The molecule has 0 radical (unpaired) electrons. The normalized spacial score (nSPS) is 12.9. The summed E-state index contributed by atoms with van der Waals surface area (Å²) in [6, 6.07) is 3.89. The number of halogens is 3. The lowest BCUT2D eigenvalue weighted by molar-refractivity contribution is -0.139. The summed E-state index contributed by atoms with van der Waals surface area (Å²) < 4.78 is 37.9. The number of hydrogen-bond donors (Lipinski definition) is 1. The van der Waals surface area contributed by atoms with Gasteiger partial charge < -0.3 is 5.73 Å². The van der Waals surface area contributed by atoms with Crippen LogP contribution in [-0.4, -0.2) is 4.75 Å². The molecule has 0 aromatic heterocycles.